The summed E-state index contributed by atoms with van der Waals surface area (Å²) < 4.78 is 28.0. The molecule has 1 aliphatic heterocycles. The summed E-state index contributed by atoms with van der Waals surface area (Å²) >= 11 is 0. The first-order valence-corrected chi connectivity index (χ1v) is 12.0. The van der Waals surface area contributed by atoms with E-state index in [1.807, 2.05) is 44.2 Å². The summed E-state index contributed by atoms with van der Waals surface area (Å²) in [5, 5.41) is 0. The van der Waals surface area contributed by atoms with E-state index in [0.717, 1.165) is 16.8 Å². The van der Waals surface area contributed by atoms with Gasteiger partial charge in [0.1, 0.15) is 0 Å². The minimum atomic E-state index is -3.75. The monoisotopic (exact) mass is 443 g/mol. The molecule has 0 bridgehead atoms. The van der Waals surface area contributed by atoms with Gasteiger partial charge < -0.3 is 9.80 Å². The summed E-state index contributed by atoms with van der Waals surface area (Å²) in [5.74, 6) is -0.164. The molecule has 0 saturated heterocycles. The lowest BCUT2D eigenvalue weighted by molar-refractivity contribution is -0.131. The molecule has 0 aliphatic carbocycles. The van der Waals surface area contributed by atoms with E-state index in [9.17, 15) is 18.0 Å². The van der Waals surface area contributed by atoms with Crippen LogP contribution in [0.5, 0.6) is 0 Å². The second kappa shape index (κ2) is 9.62. The van der Waals surface area contributed by atoms with Crippen LogP contribution in [-0.4, -0.2) is 44.3 Å². The first kappa shape index (κ1) is 23.0. The summed E-state index contributed by atoms with van der Waals surface area (Å²) in [4.78, 5) is 27.9. The van der Waals surface area contributed by atoms with Crippen LogP contribution in [0.15, 0.2) is 53.4 Å². The average molecular weight is 444 g/mol. The Hall–Kier alpha value is -2.71. The van der Waals surface area contributed by atoms with Crippen molar-refractivity contribution in [3.05, 3.63) is 59.7 Å². The summed E-state index contributed by atoms with van der Waals surface area (Å²) in [6.07, 6.45) is 0.696. The molecule has 7 nitrogen and oxygen atoms in total. The maximum absolute atomic E-state index is 12.7. The number of carbonyl (C=O) groups excluding carboxylic acids is 2. The van der Waals surface area contributed by atoms with Gasteiger partial charge in [-0.15, -0.1) is 0 Å². The number of carbonyl (C=O) groups is 2. The van der Waals surface area contributed by atoms with Gasteiger partial charge >= 0.3 is 0 Å². The summed E-state index contributed by atoms with van der Waals surface area (Å²) in [6, 6.07) is 14.5. The lowest BCUT2D eigenvalue weighted by atomic mass is 10.1. The van der Waals surface area contributed by atoms with Crippen molar-refractivity contribution in [3.8, 4) is 0 Å². The predicted octanol–water partition coefficient (Wildman–Crippen LogP) is 2.70. The SMILES string of the molecule is CCN(Cc1ccccc1)C(=O)CCNS(=O)(=O)c1ccc2c(c1)C[C@H](C)N2C(C)=O. The quantitative estimate of drug-likeness (QED) is 0.680. The molecule has 2 aromatic carbocycles. The van der Waals surface area contributed by atoms with E-state index in [4.69, 9.17) is 0 Å². The molecular weight excluding hydrogens is 414 g/mol. The van der Waals surface area contributed by atoms with Crippen molar-refractivity contribution in [2.75, 3.05) is 18.0 Å². The molecule has 3 rings (SSSR count). The molecule has 0 fully saturated rings. The highest BCUT2D eigenvalue weighted by Gasteiger charge is 2.30. The highest BCUT2D eigenvalue weighted by molar-refractivity contribution is 7.89. The third-order valence-corrected chi connectivity index (χ3v) is 6.96. The Morgan fingerprint density at radius 1 is 1.16 bits per heavy atom. The highest BCUT2D eigenvalue weighted by Crippen LogP contribution is 2.33. The topological polar surface area (TPSA) is 86.8 Å². The van der Waals surface area contributed by atoms with Gasteiger partial charge in [0.2, 0.25) is 21.8 Å². The first-order valence-electron chi connectivity index (χ1n) is 10.5. The Morgan fingerprint density at radius 3 is 2.52 bits per heavy atom. The molecule has 2 aromatic rings. The van der Waals surface area contributed by atoms with Gasteiger partial charge in [-0.25, -0.2) is 13.1 Å². The summed E-state index contributed by atoms with van der Waals surface area (Å²) in [6.45, 7) is 6.43. The Labute approximate surface area is 184 Å². The van der Waals surface area contributed by atoms with Crippen LogP contribution < -0.4 is 9.62 Å². The van der Waals surface area contributed by atoms with Gasteiger partial charge in [-0.2, -0.15) is 0 Å². The van der Waals surface area contributed by atoms with Gasteiger partial charge in [0.25, 0.3) is 0 Å². The van der Waals surface area contributed by atoms with E-state index in [1.165, 1.54) is 13.0 Å². The largest absolute Gasteiger partial charge is 0.339 e. The first-order chi connectivity index (χ1) is 14.7. The number of nitrogens with one attached hydrogen (secondary N) is 1. The van der Waals surface area contributed by atoms with Crippen molar-refractivity contribution in [3.63, 3.8) is 0 Å². The van der Waals surface area contributed by atoms with Gasteiger partial charge in [0.05, 0.1) is 4.90 Å². The van der Waals surface area contributed by atoms with Crippen LogP contribution >= 0.6 is 0 Å². The number of nitrogens with zero attached hydrogens (tertiary/aromatic N) is 2. The highest BCUT2D eigenvalue weighted by atomic mass is 32.2. The molecule has 31 heavy (non-hydrogen) atoms. The van der Waals surface area contributed by atoms with Crippen LogP contribution in [-0.2, 0) is 32.6 Å². The lowest BCUT2D eigenvalue weighted by Gasteiger charge is -2.21. The zero-order chi connectivity index (χ0) is 22.6. The maximum Gasteiger partial charge on any atom is 0.240 e. The van der Waals surface area contributed by atoms with Gasteiger partial charge in [0.15, 0.2) is 0 Å². The Bertz CT molecular complexity index is 1050. The molecule has 0 radical (unpaired) electrons. The average Bonchev–Trinajstić information content (AvgIpc) is 3.07. The Balaban J connectivity index is 1.61. The molecule has 0 spiro atoms. The van der Waals surface area contributed by atoms with E-state index in [0.29, 0.717) is 19.5 Å². The fraction of sp³-hybridized carbons (Fsp3) is 0.391. The van der Waals surface area contributed by atoms with Crippen LogP contribution in [0.25, 0.3) is 0 Å². The van der Waals surface area contributed by atoms with Crippen LogP contribution in [0, 0.1) is 0 Å². The molecule has 1 N–H and O–H groups in total. The Kier molecular flexibility index (Phi) is 7.12. The lowest BCUT2D eigenvalue weighted by Crippen LogP contribution is -2.34. The fourth-order valence-corrected chi connectivity index (χ4v) is 5.05. The number of hydrogen-bond donors (Lipinski definition) is 1. The molecule has 1 atom stereocenters. The van der Waals surface area contributed by atoms with E-state index in [-0.39, 0.29) is 35.7 Å². The number of amides is 2. The standard InChI is InChI=1S/C23H29N3O4S/c1-4-25(16-19-8-6-5-7-9-19)23(28)12-13-24-31(29,30)21-10-11-22-20(15-21)14-17(2)26(22)18(3)27/h5-11,15,17,24H,4,12-14,16H2,1-3H3/t17-/m0/s1. The van der Waals surface area contributed by atoms with Crippen LogP contribution in [0.3, 0.4) is 0 Å². The number of benzene rings is 2. The number of sulfonamides is 1. The summed E-state index contributed by atoms with van der Waals surface area (Å²) in [7, 11) is -3.75. The maximum atomic E-state index is 12.7. The molecule has 166 valence electrons. The molecule has 1 aliphatic rings. The zero-order valence-corrected chi connectivity index (χ0v) is 19.0. The van der Waals surface area contributed by atoms with Crippen molar-refractivity contribution >= 4 is 27.5 Å². The van der Waals surface area contributed by atoms with Crippen molar-refractivity contribution < 1.29 is 18.0 Å². The van der Waals surface area contributed by atoms with Crippen molar-refractivity contribution in [1.29, 1.82) is 0 Å². The minimum absolute atomic E-state index is 0.000626. The zero-order valence-electron chi connectivity index (χ0n) is 18.2. The third-order valence-electron chi connectivity index (χ3n) is 5.50. The van der Waals surface area contributed by atoms with Gasteiger partial charge in [0, 0.05) is 44.7 Å². The fourth-order valence-electron chi connectivity index (χ4n) is 3.97. The van der Waals surface area contributed by atoms with Crippen molar-refractivity contribution in [1.82, 2.24) is 9.62 Å². The number of hydrogen-bond acceptors (Lipinski definition) is 4. The van der Waals surface area contributed by atoms with Crippen LogP contribution in [0.1, 0.15) is 38.3 Å². The number of rotatable bonds is 8. The van der Waals surface area contributed by atoms with E-state index < -0.39 is 10.0 Å². The molecule has 0 saturated carbocycles. The smallest absolute Gasteiger partial charge is 0.240 e. The molecule has 8 heteroatoms. The molecule has 1 heterocycles. The minimum Gasteiger partial charge on any atom is -0.339 e. The molecule has 0 aromatic heterocycles. The normalized spacial score (nSPS) is 15.6. The Morgan fingerprint density at radius 2 is 1.87 bits per heavy atom. The van der Waals surface area contributed by atoms with Crippen molar-refractivity contribution in [2.24, 2.45) is 0 Å². The van der Waals surface area contributed by atoms with E-state index in [2.05, 4.69) is 4.72 Å². The van der Waals surface area contributed by atoms with Gasteiger partial charge in [-0.05, 0) is 49.6 Å². The number of fused-ring (bicyclic) bond motifs is 1. The van der Waals surface area contributed by atoms with Crippen LogP contribution in [0.2, 0.25) is 0 Å². The van der Waals surface area contributed by atoms with E-state index in [1.54, 1.807) is 21.9 Å². The van der Waals surface area contributed by atoms with Gasteiger partial charge in [-0.3, -0.25) is 9.59 Å². The molecule has 0 unspecified atom stereocenters. The molecule has 2 amide bonds. The predicted molar refractivity (Wildman–Crippen MR) is 120 cm³/mol. The number of anilines is 1. The van der Waals surface area contributed by atoms with Crippen LogP contribution in [0.4, 0.5) is 5.69 Å². The third kappa shape index (κ3) is 5.32. The second-order valence-corrected chi connectivity index (χ2v) is 9.54. The summed E-state index contributed by atoms with van der Waals surface area (Å²) in [5.41, 5.74) is 2.63. The van der Waals surface area contributed by atoms with Gasteiger partial charge in [-0.1, -0.05) is 30.3 Å². The van der Waals surface area contributed by atoms with Crippen molar-refractivity contribution in [2.45, 2.75) is 51.1 Å². The molecular formula is C23H29N3O4S. The van der Waals surface area contributed by atoms with E-state index >= 15 is 0 Å². The second-order valence-electron chi connectivity index (χ2n) is 7.77.